The Hall–Kier alpha value is -0.323. The first-order chi connectivity index (χ1) is 15.8. The van der Waals surface area contributed by atoms with E-state index in [-0.39, 0.29) is 0 Å². The highest BCUT2D eigenvalue weighted by molar-refractivity contribution is 6.60. The zero-order valence-corrected chi connectivity index (χ0v) is 23.5. The summed E-state index contributed by atoms with van der Waals surface area (Å²) in [6.07, 6.45) is 5.49. The topological polar surface area (TPSA) is 64.6 Å². The molecule has 0 aromatic carbocycles. The molecule has 3 atom stereocenters. The number of hydrogen-bond acceptors (Lipinski definition) is 7. The Labute approximate surface area is 204 Å². The lowest BCUT2D eigenvalue weighted by Gasteiger charge is -2.36. The highest BCUT2D eigenvalue weighted by atomic mass is 28.4. The van der Waals surface area contributed by atoms with E-state index < -0.39 is 27.7 Å². The Morgan fingerprint density at radius 2 is 1.06 bits per heavy atom. The summed E-state index contributed by atoms with van der Waals surface area (Å²) in [6.45, 7) is 20.9. The average molecular weight is 493 g/mol. The molecule has 0 amide bonds. The van der Waals surface area contributed by atoms with Crippen LogP contribution in [0.5, 0.6) is 0 Å². The van der Waals surface area contributed by atoms with Gasteiger partial charge in [-0.3, -0.25) is 0 Å². The molecule has 0 aliphatic heterocycles. The minimum Gasteiger partial charge on any atom is -0.377 e. The number of ether oxygens (including phenoxy) is 4. The van der Waals surface area contributed by atoms with Crippen molar-refractivity contribution in [1.29, 1.82) is 0 Å². The van der Waals surface area contributed by atoms with Crippen LogP contribution in [-0.2, 0) is 32.2 Å². The van der Waals surface area contributed by atoms with Gasteiger partial charge in [-0.15, -0.1) is 0 Å². The summed E-state index contributed by atoms with van der Waals surface area (Å²) in [5.74, 6) is 0. The van der Waals surface area contributed by atoms with Gasteiger partial charge in [0.1, 0.15) is 18.9 Å². The summed E-state index contributed by atoms with van der Waals surface area (Å²) >= 11 is 0. The van der Waals surface area contributed by atoms with Gasteiger partial charge in [-0.05, 0) is 53.4 Å². The normalized spacial score (nSPS) is 16.3. The van der Waals surface area contributed by atoms with Crippen LogP contribution in [0.25, 0.3) is 0 Å². The Morgan fingerprint density at radius 3 is 1.39 bits per heavy atom. The summed E-state index contributed by atoms with van der Waals surface area (Å²) < 4.78 is 42.6. The lowest BCUT2D eigenvalue weighted by atomic mass is 10.4. The van der Waals surface area contributed by atoms with Crippen molar-refractivity contribution < 1.29 is 32.2 Å². The molecule has 33 heavy (non-hydrogen) atoms. The van der Waals surface area contributed by atoms with Crippen molar-refractivity contribution in [2.75, 3.05) is 33.0 Å². The molecule has 0 saturated carbocycles. The van der Waals surface area contributed by atoms with Crippen LogP contribution in [0, 0.1) is 0 Å². The fourth-order valence-corrected chi connectivity index (χ4v) is 5.76. The van der Waals surface area contributed by atoms with E-state index in [1.807, 2.05) is 27.7 Å². The van der Waals surface area contributed by atoms with Crippen molar-refractivity contribution in [3.8, 4) is 0 Å². The van der Waals surface area contributed by atoms with Crippen LogP contribution >= 0.6 is 0 Å². The third-order valence-corrected chi connectivity index (χ3v) is 7.75. The molecular formula is C25H52O7Si. The predicted molar refractivity (Wildman–Crippen MR) is 135 cm³/mol. The predicted octanol–water partition coefficient (Wildman–Crippen LogP) is 6.45. The van der Waals surface area contributed by atoms with Gasteiger partial charge in [0.25, 0.3) is 0 Å². The van der Waals surface area contributed by atoms with E-state index in [1.54, 1.807) is 0 Å². The van der Waals surface area contributed by atoms with Crippen LogP contribution in [0.1, 0.15) is 93.4 Å². The van der Waals surface area contributed by atoms with Gasteiger partial charge in [-0.2, -0.15) is 0 Å². The minimum atomic E-state index is -3.22. The molecule has 0 spiro atoms. The maximum Gasteiger partial charge on any atom is 0.506 e. The second-order valence-corrected chi connectivity index (χ2v) is 11.1. The van der Waals surface area contributed by atoms with Gasteiger partial charge in [-0.25, -0.2) is 0 Å². The van der Waals surface area contributed by atoms with Crippen molar-refractivity contribution in [2.45, 2.75) is 118 Å². The van der Waals surface area contributed by atoms with Crippen LogP contribution in [0.2, 0.25) is 6.04 Å². The molecular weight excluding hydrogens is 440 g/mol. The van der Waals surface area contributed by atoms with Gasteiger partial charge in [-0.1, -0.05) is 52.2 Å². The van der Waals surface area contributed by atoms with Crippen molar-refractivity contribution in [1.82, 2.24) is 0 Å². The first kappa shape index (κ1) is 32.7. The summed E-state index contributed by atoms with van der Waals surface area (Å²) in [7, 11) is -3.22. The van der Waals surface area contributed by atoms with Crippen LogP contribution < -0.4 is 0 Å². The second-order valence-electron chi connectivity index (χ2n) is 8.53. The molecule has 0 aromatic heterocycles. The fourth-order valence-electron chi connectivity index (χ4n) is 2.94. The number of rotatable bonds is 24. The van der Waals surface area contributed by atoms with E-state index in [0.29, 0.717) is 39.1 Å². The maximum atomic E-state index is 6.41. The summed E-state index contributed by atoms with van der Waals surface area (Å²) in [5.41, 5.74) is 0.996. The van der Waals surface area contributed by atoms with Gasteiger partial charge in [0, 0.05) is 32.5 Å². The first-order valence-corrected chi connectivity index (χ1v) is 14.8. The van der Waals surface area contributed by atoms with E-state index in [2.05, 4.69) is 27.4 Å². The second kappa shape index (κ2) is 21.0. The smallest absolute Gasteiger partial charge is 0.377 e. The van der Waals surface area contributed by atoms with Crippen molar-refractivity contribution in [2.24, 2.45) is 0 Å². The molecule has 0 fully saturated rings. The SMILES string of the molecule is C=C(C)COCCC[Si](OC(C)OCCCC)(OC(C)OCCCC)OC(C)OCCCC. The molecule has 198 valence electrons. The maximum absolute atomic E-state index is 6.41. The summed E-state index contributed by atoms with van der Waals surface area (Å²) in [6, 6.07) is 0.577. The number of unbranched alkanes of at least 4 members (excludes halogenated alkanes) is 3. The van der Waals surface area contributed by atoms with Crippen LogP contribution in [0.15, 0.2) is 12.2 Å². The van der Waals surface area contributed by atoms with Crippen LogP contribution in [0.4, 0.5) is 0 Å². The number of hydrogen-bond donors (Lipinski definition) is 0. The average Bonchev–Trinajstić information content (AvgIpc) is 2.73. The standard InChI is InChI=1S/C25H52O7Si/c1-9-12-17-27-23(6)30-33(20-15-16-26-21-22(4)5,31-24(7)28-18-13-10-2)32-25(8)29-19-14-11-3/h23-25H,4,9-21H2,1-3,5-8H3. The van der Waals surface area contributed by atoms with Crippen LogP contribution in [-0.4, -0.2) is 60.7 Å². The van der Waals surface area contributed by atoms with Crippen molar-refractivity contribution >= 4 is 8.80 Å². The van der Waals surface area contributed by atoms with Gasteiger partial charge < -0.3 is 32.2 Å². The molecule has 0 saturated heterocycles. The molecule has 0 aliphatic carbocycles. The largest absolute Gasteiger partial charge is 0.506 e. The molecule has 0 aromatic rings. The van der Waals surface area contributed by atoms with E-state index >= 15 is 0 Å². The van der Waals surface area contributed by atoms with E-state index in [1.165, 1.54) is 0 Å². The van der Waals surface area contributed by atoms with Gasteiger partial charge >= 0.3 is 8.80 Å². The van der Waals surface area contributed by atoms with Crippen molar-refractivity contribution in [3.05, 3.63) is 12.2 Å². The third kappa shape index (κ3) is 18.6. The zero-order valence-electron chi connectivity index (χ0n) is 22.5. The van der Waals surface area contributed by atoms with Gasteiger partial charge in [0.2, 0.25) is 0 Å². The Bertz CT molecular complexity index is 418. The molecule has 0 N–H and O–H groups in total. The molecule has 0 radical (unpaired) electrons. The monoisotopic (exact) mass is 492 g/mol. The Kier molecular flexibility index (Phi) is 20.8. The lowest BCUT2D eigenvalue weighted by Crippen LogP contribution is -2.53. The Balaban J connectivity index is 5.35. The molecule has 0 rings (SSSR count). The zero-order chi connectivity index (χ0) is 25.0. The fraction of sp³-hybridized carbons (Fsp3) is 0.920. The molecule has 0 heterocycles. The van der Waals surface area contributed by atoms with E-state index in [9.17, 15) is 0 Å². The molecule has 3 unspecified atom stereocenters. The van der Waals surface area contributed by atoms with Crippen LogP contribution in [0.3, 0.4) is 0 Å². The first-order valence-electron chi connectivity index (χ1n) is 12.9. The molecule has 8 heteroatoms. The van der Waals surface area contributed by atoms with Gasteiger partial charge in [0.15, 0.2) is 0 Å². The molecule has 0 bridgehead atoms. The quantitative estimate of drug-likeness (QED) is 0.0664. The lowest BCUT2D eigenvalue weighted by molar-refractivity contribution is -0.179. The molecule has 0 aliphatic rings. The highest BCUT2D eigenvalue weighted by Gasteiger charge is 2.46. The minimum absolute atomic E-state index is 0.453. The van der Waals surface area contributed by atoms with Crippen molar-refractivity contribution in [3.63, 3.8) is 0 Å². The third-order valence-electron chi connectivity index (χ3n) is 4.71. The summed E-state index contributed by atoms with van der Waals surface area (Å²) in [4.78, 5) is 0. The summed E-state index contributed by atoms with van der Waals surface area (Å²) in [5, 5.41) is 0. The Morgan fingerprint density at radius 1 is 0.667 bits per heavy atom. The van der Waals surface area contributed by atoms with Gasteiger partial charge in [0.05, 0.1) is 6.61 Å². The highest BCUT2D eigenvalue weighted by Crippen LogP contribution is 2.25. The van der Waals surface area contributed by atoms with E-state index in [0.717, 1.165) is 50.5 Å². The molecule has 7 nitrogen and oxygen atoms in total. The van der Waals surface area contributed by atoms with E-state index in [4.69, 9.17) is 32.2 Å².